The number of amides is 1. The quantitative estimate of drug-likeness (QED) is 0.461. The number of hydrogen-bond acceptors (Lipinski definition) is 5. The molecular formula is C22H16FN3O2S. The molecule has 0 radical (unpaired) electrons. The van der Waals surface area contributed by atoms with E-state index >= 15 is 0 Å². The minimum Gasteiger partial charge on any atom is -0.453 e. The first-order valence-corrected chi connectivity index (χ1v) is 9.67. The highest BCUT2D eigenvalue weighted by Gasteiger charge is 2.07. The fourth-order valence-electron chi connectivity index (χ4n) is 2.63. The third-order valence-electron chi connectivity index (χ3n) is 4.01. The zero-order valence-corrected chi connectivity index (χ0v) is 16.0. The second-order valence-corrected chi connectivity index (χ2v) is 7.19. The van der Waals surface area contributed by atoms with Gasteiger partial charge < -0.3 is 10.1 Å². The maximum absolute atomic E-state index is 14.3. The summed E-state index contributed by atoms with van der Waals surface area (Å²) in [6.07, 6.45) is 6.21. The number of pyridine rings is 1. The molecule has 2 aromatic heterocycles. The molecular weight excluding hydrogens is 389 g/mol. The van der Waals surface area contributed by atoms with Crippen LogP contribution in [0.4, 0.5) is 4.39 Å². The fraction of sp³-hybridized carbons (Fsp3) is 0.0455. The number of halogens is 1. The molecule has 5 nitrogen and oxygen atoms in total. The van der Waals surface area contributed by atoms with E-state index in [4.69, 9.17) is 4.74 Å². The topological polar surface area (TPSA) is 64.1 Å². The van der Waals surface area contributed by atoms with Crippen LogP contribution in [0.5, 0.6) is 11.5 Å². The van der Waals surface area contributed by atoms with Crippen LogP contribution in [-0.2, 0) is 11.3 Å². The summed E-state index contributed by atoms with van der Waals surface area (Å²) in [5.74, 6) is -0.234. The van der Waals surface area contributed by atoms with Crippen LogP contribution >= 0.6 is 11.3 Å². The van der Waals surface area contributed by atoms with Gasteiger partial charge in [0, 0.05) is 18.8 Å². The van der Waals surface area contributed by atoms with Crippen molar-refractivity contribution in [3.8, 4) is 11.5 Å². The van der Waals surface area contributed by atoms with Gasteiger partial charge in [0.1, 0.15) is 10.8 Å². The Kier molecular flexibility index (Phi) is 5.58. The number of benzene rings is 2. The van der Waals surface area contributed by atoms with Crippen LogP contribution < -0.4 is 10.1 Å². The molecule has 0 atom stereocenters. The number of carbonyl (C=O) groups excluding carboxylic acids is 1. The minimum absolute atomic E-state index is 0.101. The second kappa shape index (κ2) is 8.62. The van der Waals surface area contributed by atoms with Gasteiger partial charge in [-0.05, 0) is 48.0 Å². The lowest BCUT2D eigenvalue weighted by Crippen LogP contribution is -2.20. The number of carbonyl (C=O) groups is 1. The van der Waals surface area contributed by atoms with Crippen molar-refractivity contribution in [2.75, 3.05) is 0 Å². The standard InChI is InChI=1S/C22H16FN3O2S/c23-17-12-15(7-8-19(17)28-16-4-3-11-24-14-16)13-25-21(27)9-10-22-26-18-5-1-2-6-20(18)29-22/h1-12,14H,13H2,(H,25,27). The monoisotopic (exact) mass is 405 g/mol. The lowest BCUT2D eigenvalue weighted by Gasteiger charge is -2.08. The largest absolute Gasteiger partial charge is 0.453 e. The van der Waals surface area contributed by atoms with Crippen LogP contribution in [0, 0.1) is 5.82 Å². The van der Waals surface area contributed by atoms with Crippen molar-refractivity contribution in [2.45, 2.75) is 6.54 Å². The van der Waals surface area contributed by atoms with E-state index in [1.54, 1.807) is 30.5 Å². The van der Waals surface area contributed by atoms with Crippen LogP contribution in [0.3, 0.4) is 0 Å². The van der Waals surface area contributed by atoms with Crippen LogP contribution in [0.15, 0.2) is 73.1 Å². The van der Waals surface area contributed by atoms with Gasteiger partial charge in [-0.25, -0.2) is 9.37 Å². The van der Waals surface area contributed by atoms with Crippen molar-refractivity contribution < 1.29 is 13.9 Å². The van der Waals surface area contributed by atoms with Crippen molar-refractivity contribution in [3.05, 3.63) is 89.5 Å². The van der Waals surface area contributed by atoms with Crippen LogP contribution in [0.2, 0.25) is 0 Å². The third kappa shape index (κ3) is 4.83. The van der Waals surface area contributed by atoms with Gasteiger partial charge >= 0.3 is 0 Å². The zero-order valence-electron chi connectivity index (χ0n) is 15.2. The zero-order chi connectivity index (χ0) is 20.1. The van der Waals surface area contributed by atoms with E-state index in [9.17, 15) is 9.18 Å². The lowest BCUT2D eigenvalue weighted by molar-refractivity contribution is -0.116. The average molecular weight is 405 g/mol. The second-order valence-electron chi connectivity index (χ2n) is 6.13. The summed E-state index contributed by atoms with van der Waals surface area (Å²) in [5, 5.41) is 3.49. The van der Waals surface area contributed by atoms with Crippen molar-refractivity contribution in [1.82, 2.24) is 15.3 Å². The van der Waals surface area contributed by atoms with E-state index in [0.717, 1.165) is 15.2 Å². The maximum atomic E-state index is 14.3. The van der Waals surface area contributed by atoms with Crippen LogP contribution in [0.25, 0.3) is 16.3 Å². The van der Waals surface area contributed by atoms with Gasteiger partial charge in [0.2, 0.25) is 5.91 Å². The summed E-state index contributed by atoms with van der Waals surface area (Å²) in [7, 11) is 0. The number of nitrogens with zero attached hydrogens (tertiary/aromatic N) is 2. The smallest absolute Gasteiger partial charge is 0.244 e. The molecule has 0 aliphatic carbocycles. The summed E-state index contributed by atoms with van der Waals surface area (Å²) < 4.78 is 20.8. The average Bonchev–Trinajstić information content (AvgIpc) is 3.16. The van der Waals surface area contributed by atoms with Gasteiger partial charge in [-0.15, -0.1) is 11.3 Å². The van der Waals surface area contributed by atoms with E-state index in [0.29, 0.717) is 11.3 Å². The minimum atomic E-state index is -0.509. The number of rotatable bonds is 6. The highest BCUT2D eigenvalue weighted by molar-refractivity contribution is 7.19. The van der Waals surface area contributed by atoms with Gasteiger partial charge in [0.05, 0.1) is 16.4 Å². The lowest BCUT2D eigenvalue weighted by atomic mass is 10.2. The van der Waals surface area contributed by atoms with Crippen molar-refractivity contribution in [1.29, 1.82) is 0 Å². The Morgan fingerprint density at radius 1 is 1.17 bits per heavy atom. The van der Waals surface area contributed by atoms with Gasteiger partial charge in [-0.3, -0.25) is 9.78 Å². The van der Waals surface area contributed by atoms with Crippen LogP contribution in [-0.4, -0.2) is 15.9 Å². The third-order valence-corrected chi connectivity index (χ3v) is 5.01. The summed E-state index contributed by atoms with van der Waals surface area (Å²) in [6, 6.07) is 15.8. The van der Waals surface area contributed by atoms with E-state index < -0.39 is 5.82 Å². The molecule has 4 aromatic rings. The van der Waals surface area contributed by atoms with Gasteiger partial charge in [-0.2, -0.15) is 0 Å². The van der Waals surface area contributed by atoms with Crippen molar-refractivity contribution in [2.24, 2.45) is 0 Å². The molecule has 29 heavy (non-hydrogen) atoms. The van der Waals surface area contributed by atoms with Crippen molar-refractivity contribution in [3.63, 3.8) is 0 Å². The van der Waals surface area contributed by atoms with E-state index in [2.05, 4.69) is 15.3 Å². The predicted molar refractivity (Wildman–Crippen MR) is 111 cm³/mol. The molecule has 0 aliphatic rings. The van der Waals surface area contributed by atoms with Crippen molar-refractivity contribution >= 4 is 33.5 Å². The predicted octanol–water partition coefficient (Wildman–Crippen LogP) is 4.95. The van der Waals surface area contributed by atoms with E-state index in [1.165, 1.54) is 35.7 Å². The highest BCUT2D eigenvalue weighted by Crippen LogP contribution is 2.24. The normalized spacial score (nSPS) is 11.1. The molecule has 4 rings (SSSR count). The SMILES string of the molecule is O=C(C=Cc1nc2ccccc2s1)NCc1ccc(Oc2cccnc2)c(F)c1. The number of nitrogens with one attached hydrogen (secondary N) is 1. The van der Waals surface area contributed by atoms with E-state index in [-0.39, 0.29) is 18.2 Å². The Morgan fingerprint density at radius 2 is 2.07 bits per heavy atom. The van der Waals surface area contributed by atoms with Crippen LogP contribution in [0.1, 0.15) is 10.6 Å². The Balaban J connectivity index is 1.34. The van der Waals surface area contributed by atoms with Gasteiger partial charge in [0.15, 0.2) is 11.6 Å². The molecule has 1 amide bonds. The summed E-state index contributed by atoms with van der Waals surface area (Å²) >= 11 is 1.51. The Morgan fingerprint density at radius 3 is 2.86 bits per heavy atom. The summed E-state index contributed by atoms with van der Waals surface area (Å²) in [4.78, 5) is 20.4. The number of ether oxygens (including phenoxy) is 1. The number of hydrogen-bond donors (Lipinski definition) is 1. The molecule has 0 fully saturated rings. The molecule has 0 bridgehead atoms. The Hall–Kier alpha value is -3.58. The molecule has 2 aromatic carbocycles. The summed E-state index contributed by atoms with van der Waals surface area (Å²) in [5.41, 5.74) is 1.53. The first-order chi connectivity index (χ1) is 14.2. The molecule has 7 heteroatoms. The highest BCUT2D eigenvalue weighted by atomic mass is 32.1. The first-order valence-electron chi connectivity index (χ1n) is 8.85. The van der Waals surface area contributed by atoms with E-state index in [1.807, 2.05) is 24.3 Å². The molecule has 144 valence electrons. The first kappa shape index (κ1) is 18.8. The Bertz CT molecular complexity index is 1140. The van der Waals surface area contributed by atoms with Gasteiger partial charge in [-0.1, -0.05) is 18.2 Å². The maximum Gasteiger partial charge on any atom is 0.244 e. The molecule has 0 saturated heterocycles. The molecule has 1 N–H and O–H groups in total. The number of fused-ring (bicyclic) bond motifs is 1. The molecule has 2 heterocycles. The molecule has 0 unspecified atom stereocenters. The summed E-state index contributed by atoms with van der Waals surface area (Å²) in [6.45, 7) is 0.201. The number of thiazole rings is 1. The molecule has 0 spiro atoms. The molecule has 0 aliphatic heterocycles. The number of para-hydroxylation sites is 1. The van der Waals surface area contributed by atoms with Gasteiger partial charge in [0.25, 0.3) is 0 Å². The molecule has 0 saturated carbocycles. The Labute approximate surface area is 170 Å². The fourth-order valence-corrected chi connectivity index (χ4v) is 3.50. The number of aromatic nitrogens is 2.